The number of H-pyrrole nitrogens is 1. The van der Waals surface area contributed by atoms with Gasteiger partial charge in [-0.25, -0.2) is 24.2 Å². The highest BCUT2D eigenvalue weighted by atomic mass is 31.2. The van der Waals surface area contributed by atoms with Crippen molar-refractivity contribution in [1.82, 2.24) is 38.6 Å². The number of aromatic amines is 1. The minimum atomic E-state index is -3.89. The van der Waals surface area contributed by atoms with Gasteiger partial charge in [0.1, 0.15) is 69.8 Å². The summed E-state index contributed by atoms with van der Waals surface area (Å²) in [6.07, 6.45) is 3.09. The van der Waals surface area contributed by atoms with Crippen molar-refractivity contribution in [2.75, 3.05) is 111 Å². The minimum Gasteiger partial charge on any atom is -0.497 e. The molecule has 0 bridgehead atoms. The number of methoxy groups -OCH3 is 6. The molecule has 0 saturated heterocycles. The maximum absolute atomic E-state index is 13.2. The number of nitrogen functional groups attached to an aromatic ring is 1. The molecule has 0 aliphatic carbocycles. The molecule has 5 atom stereocenters. The molecule has 0 radical (unpaired) electrons. The zero-order valence-corrected chi connectivity index (χ0v) is 72.0. The highest BCUT2D eigenvalue weighted by Gasteiger charge is 2.40. The van der Waals surface area contributed by atoms with Gasteiger partial charge in [0.05, 0.1) is 79.1 Å². The zero-order valence-electron chi connectivity index (χ0n) is 70.2. The van der Waals surface area contributed by atoms with Gasteiger partial charge in [-0.05, 0) is 111 Å². The van der Waals surface area contributed by atoms with E-state index in [1.165, 1.54) is 53.5 Å². The Balaban J connectivity index is 0.000000179. The number of aromatic nitrogens is 8. The molecule has 0 fully saturated rings. The molecule has 13 aromatic rings. The lowest BCUT2D eigenvalue weighted by Gasteiger charge is -2.37. The van der Waals surface area contributed by atoms with Crippen molar-refractivity contribution in [3.05, 3.63) is 396 Å². The lowest BCUT2D eigenvalue weighted by molar-refractivity contribution is 0.00216. The Morgan fingerprint density at radius 1 is 0.384 bits per heavy atom. The van der Waals surface area contributed by atoms with E-state index in [-0.39, 0.29) is 45.3 Å². The molecule has 13 rings (SSSR count). The summed E-state index contributed by atoms with van der Waals surface area (Å²) in [7, 11) is 3.92. The largest absolute Gasteiger partial charge is 0.497 e. The van der Waals surface area contributed by atoms with Gasteiger partial charge in [-0.2, -0.15) is 15.0 Å². The number of aliphatic hydroxyl groups is 1. The SMILES string of the molecule is COC[C@@H](O)Cn1ccc(NC(c2ccccc2)(c2ccccc2)c2ccc(OC)cc2)nc1=O.COC[C@H](Cn1ccc(N)nc1=O)OCP(=O)(O)OC.COC[C@H](Cn1ccc(NC(c2ccccc2)(c2ccccc2)c2ccc(OC)cc2)nc1=O)OCP(=O)(O)OC.COc1ccc(C(Nc2ccnc(=O)[nH]2)(c2ccccc2)c2ccccc2)cc1. The first-order chi connectivity index (χ1) is 60.5. The summed E-state index contributed by atoms with van der Waals surface area (Å²) in [5.41, 5.74) is 9.80. The van der Waals surface area contributed by atoms with Crippen LogP contribution in [0.15, 0.2) is 323 Å². The molecule has 0 aliphatic heterocycles. The fraction of sp³-hybridized carbons (Fsp3) is 0.239. The second kappa shape index (κ2) is 46.0. The fourth-order valence-corrected chi connectivity index (χ4v) is 14.8. The molecule has 2 unspecified atom stereocenters. The molecule has 9 aromatic carbocycles. The molecule has 0 amide bonds. The molecular formula is C92H102N12O19P2. The molecule has 33 heteroatoms. The lowest BCUT2D eigenvalue weighted by Crippen LogP contribution is -2.39. The average molecular weight is 1740 g/mol. The molecule has 0 saturated carbocycles. The van der Waals surface area contributed by atoms with Crippen molar-refractivity contribution in [1.29, 1.82) is 0 Å². The number of hydrogen-bond acceptors (Lipinski definition) is 25. The Hall–Kier alpha value is -12.8. The molecule has 4 heterocycles. The van der Waals surface area contributed by atoms with E-state index in [1.54, 1.807) is 51.9 Å². The van der Waals surface area contributed by atoms with E-state index in [1.807, 2.05) is 231 Å². The summed E-state index contributed by atoms with van der Waals surface area (Å²) in [5.74, 6) is 3.72. The van der Waals surface area contributed by atoms with Crippen LogP contribution in [0.1, 0.15) is 50.1 Å². The number of nitrogens with one attached hydrogen (secondary N) is 4. The second-order valence-corrected chi connectivity index (χ2v) is 31.9. The van der Waals surface area contributed by atoms with E-state index in [9.17, 15) is 43.2 Å². The van der Waals surface area contributed by atoms with E-state index < -0.39 is 85.6 Å². The quantitative estimate of drug-likeness (QED) is 0.0132. The van der Waals surface area contributed by atoms with Crippen LogP contribution < -0.4 is 58.7 Å². The van der Waals surface area contributed by atoms with Crippen molar-refractivity contribution in [3.8, 4) is 17.2 Å². The van der Waals surface area contributed by atoms with Gasteiger partial charge >= 0.3 is 38.0 Å². The van der Waals surface area contributed by atoms with Crippen LogP contribution in [-0.4, -0.2) is 161 Å². The van der Waals surface area contributed by atoms with Gasteiger partial charge in [-0.3, -0.25) is 27.8 Å². The fourth-order valence-electron chi connectivity index (χ4n) is 13.8. The monoisotopic (exact) mass is 1740 g/mol. The van der Waals surface area contributed by atoms with Gasteiger partial charge in [0.15, 0.2) is 0 Å². The third-order valence-corrected chi connectivity index (χ3v) is 22.0. The summed E-state index contributed by atoms with van der Waals surface area (Å²) in [6.45, 7) is 0.642. The maximum Gasteiger partial charge on any atom is 0.353 e. The van der Waals surface area contributed by atoms with Gasteiger partial charge in [0.2, 0.25) is 0 Å². The summed E-state index contributed by atoms with van der Waals surface area (Å²) < 4.78 is 78.1. The number of benzene rings is 9. The van der Waals surface area contributed by atoms with Crippen molar-refractivity contribution >= 4 is 38.5 Å². The van der Waals surface area contributed by atoms with E-state index in [4.69, 9.17) is 43.6 Å². The standard InChI is InChI=1S/C30H34N3O7P.C28H29N3O4.C24H21N3O2.C10H18N3O6P/c1-37-21-27(40-22-41(35,36)39-3)20-33-19-18-28(31-29(33)34)32-30(23-10-6-4-7-11-23,24-12-8-5-9-13-24)25-14-16-26(38-2)17-15-25;1-34-20-24(32)19-31-18-17-26(29-27(31)33)30-28(21-9-5-3-6-10-21,22-11-7-4-8-12-22)23-13-15-25(35-2)16-14-23;1-29-21-14-12-20(13-15-21)24(18-8-4-2-5-9-18,19-10-6-3-7-11-19)27-22-16-17-25-23(28)26-22;1-17-6-8(19-7-20(15,16)18-2)5-13-4-3-9(11)12-10(13)14/h4-19,27H,20-22H2,1-3H3,(H,35,36)(H,31,32,34);3-18,24,32H,19-20H2,1-2H3,(H,29,30,33);2-17H,1H3,(H2,25,26,27,28);3-4,8H,5-7H2,1-2H3,(H,15,16)(H2,11,12,14)/t27-;24-;;8-/m00.0/s1. The van der Waals surface area contributed by atoms with E-state index in [0.717, 1.165) is 81.5 Å². The molecule has 654 valence electrons. The molecule has 0 aliphatic rings. The Kier molecular flexibility index (Phi) is 34.8. The predicted molar refractivity (Wildman–Crippen MR) is 478 cm³/mol. The Labute approximate surface area is 723 Å². The summed E-state index contributed by atoms with van der Waals surface area (Å²) in [4.78, 5) is 87.1. The Morgan fingerprint density at radius 3 is 0.968 bits per heavy atom. The number of anilines is 4. The number of aliphatic hydroxyl groups excluding tert-OH is 1. The van der Waals surface area contributed by atoms with Crippen LogP contribution in [0.3, 0.4) is 0 Å². The maximum atomic E-state index is 13.2. The number of hydrogen-bond donors (Lipinski definition) is 8. The van der Waals surface area contributed by atoms with E-state index in [0.29, 0.717) is 17.5 Å². The highest BCUT2D eigenvalue weighted by Crippen LogP contribution is 2.45. The second-order valence-electron chi connectivity index (χ2n) is 28.1. The number of ether oxygens (including phenoxy) is 8. The third kappa shape index (κ3) is 25.4. The first kappa shape index (κ1) is 94.4. The molecular weight excluding hydrogens is 1640 g/mol. The van der Waals surface area contributed by atoms with Crippen LogP contribution in [0.4, 0.5) is 23.3 Å². The Bertz CT molecular complexity index is 5710. The predicted octanol–water partition coefficient (Wildman–Crippen LogP) is 12.0. The number of nitrogens with two attached hydrogens (primary N) is 1. The normalized spacial score (nSPS) is 13.0. The van der Waals surface area contributed by atoms with Gasteiger partial charge in [0, 0.05) is 60.3 Å². The first-order valence-electron chi connectivity index (χ1n) is 39.3. The molecule has 31 nitrogen and oxygen atoms in total. The van der Waals surface area contributed by atoms with Crippen LogP contribution in [0, 0.1) is 0 Å². The smallest absolute Gasteiger partial charge is 0.353 e. The van der Waals surface area contributed by atoms with Crippen LogP contribution in [0.2, 0.25) is 0 Å². The van der Waals surface area contributed by atoms with Gasteiger partial charge in [0.25, 0.3) is 0 Å². The molecule has 0 spiro atoms. The van der Waals surface area contributed by atoms with Gasteiger partial charge in [-0.1, -0.05) is 218 Å². The van der Waals surface area contributed by atoms with Crippen molar-refractivity contribution in [2.45, 2.75) is 54.6 Å². The Morgan fingerprint density at radius 2 is 0.680 bits per heavy atom. The summed E-state index contributed by atoms with van der Waals surface area (Å²) in [6, 6.07) is 90.5. The van der Waals surface area contributed by atoms with Crippen molar-refractivity contribution in [2.24, 2.45) is 0 Å². The summed E-state index contributed by atoms with van der Waals surface area (Å²) in [5, 5.41) is 20.8. The van der Waals surface area contributed by atoms with Gasteiger partial charge < -0.3 is 83.5 Å². The molecule has 9 N–H and O–H groups in total. The van der Waals surface area contributed by atoms with Crippen LogP contribution in [0.25, 0.3) is 0 Å². The van der Waals surface area contributed by atoms with Crippen molar-refractivity contribution in [3.63, 3.8) is 0 Å². The van der Waals surface area contributed by atoms with Gasteiger partial charge in [-0.15, -0.1) is 0 Å². The highest BCUT2D eigenvalue weighted by molar-refractivity contribution is 7.52. The number of nitrogens with zero attached hydrogens (tertiary/aromatic N) is 7. The topological polar surface area (TPSA) is 400 Å². The number of rotatable bonds is 38. The molecule has 125 heavy (non-hydrogen) atoms. The first-order valence-corrected chi connectivity index (χ1v) is 42.8. The van der Waals surface area contributed by atoms with Crippen LogP contribution in [-0.2, 0) is 78.1 Å². The van der Waals surface area contributed by atoms with E-state index in [2.05, 4.69) is 74.2 Å². The summed E-state index contributed by atoms with van der Waals surface area (Å²) >= 11 is 0. The third-order valence-electron chi connectivity index (χ3n) is 19.9. The van der Waals surface area contributed by atoms with E-state index >= 15 is 0 Å². The average Bonchev–Trinajstić information content (AvgIpc) is 0.759. The zero-order chi connectivity index (χ0) is 89.3. The minimum absolute atomic E-state index is 0.0602. The van der Waals surface area contributed by atoms with Crippen LogP contribution >= 0.6 is 15.2 Å². The van der Waals surface area contributed by atoms with Crippen LogP contribution in [0.5, 0.6) is 17.2 Å². The molecule has 4 aromatic heterocycles. The van der Waals surface area contributed by atoms with Crippen molar-refractivity contribution < 1.29 is 71.0 Å². The lowest BCUT2D eigenvalue weighted by atomic mass is 9.77.